The lowest BCUT2D eigenvalue weighted by molar-refractivity contribution is 0.0658. The summed E-state index contributed by atoms with van der Waals surface area (Å²) in [6.07, 6.45) is 2.80. The molecule has 0 bridgehead atoms. The van der Waals surface area contributed by atoms with Gasteiger partial charge in [-0.2, -0.15) is 0 Å². The van der Waals surface area contributed by atoms with Crippen LogP contribution in [0.5, 0.6) is 0 Å². The molecule has 5 rings (SSSR count). The summed E-state index contributed by atoms with van der Waals surface area (Å²) in [4.78, 5) is 25.0. The predicted octanol–water partition coefficient (Wildman–Crippen LogP) is 2.97. The van der Waals surface area contributed by atoms with Crippen molar-refractivity contribution in [3.63, 3.8) is 0 Å². The second kappa shape index (κ2) is 9.24. The number of carbonyl (C=O) groups is 1. The number of aromatic nitrogens is 2. The van der Waals surface area contributed by atoms with E-state index in [4.69, 9.17) is 4.98 Å². The Morgan fingerprint density at radius 1 is 1.15 bits per heavy atom. The normalized spacial score (nSPS) is 16.7. The van der Waals surface area contributed by atoms with Gasteiger partial charge in [0.05, 0.1) is 12.1 Å². The van der Waals surface area contributed by atoms with Crippen LogP contribution >= 0.6 is 0 Å². The molecule has 0 atom stereocenters. The van der Waals surface area contributed by atoms with Crippen LogP contribution < -0.4 is 4.90 Å². The lowest BCUT2D eigenvalue weighted by atomic mass is 9.99. The monoisotopic (exact) mass is 459 g/mol. The highest BCUT2D eigenvalue weighted by molar-refractivity contribution is 6.01. The van der Waals surface area contributed by atoms with Gasteiger partial charge in [0.25, 0.3) is 5.91 Å². The molecule has 0 saturated carbocycles. The van der Waals surface area contributed by atoms with E-state index in [-0.39, 0.29) is 12.5 Å². The number of hydrogen-bond acceptors (Lipinski definition) is 5. The zero-order valence-electron chi connectivity index (χ0n) is 20.1. The first kappa shape index (κ1) is 22.6. The summed E-state index contributed by atoms with van der Waals surface area (Å²) in [7, 11) is 2.08. The maximum Gasteiger partial charge on any atom is 0.272 e. The summed E-state index contributed by atoms with van der Waals surface area (Å²) < 4.78 is 2.17. The Morgan fingerprint density at radius 2 is 1.88 bits per heavy atom. The third kappa shape index (κ3) is 3.89. The van der Waals surface area contributed by atoms with Gasteiger partial charge in [0.15, 0.2) is 5.82 Å². The summed E-state index contributed by atoms with van der Waals surface area (Å²) in [5.74, 6) is 0.779. The van der Waals surface area contributed by atoms with E-state index in [1.807, 2.05) is 24.0 Å². The van der Waals surface area contributed by atoms with Gasteiger partial charge in [-0.25, -0.2) is 4.98 Å². The van der Waals surface area contributed by atoms with Crippen molar-refractivity contribution in [1.29, 1.82) is 0 Å². The summed E-state index contributed by atoms with van der Waals surface area (Å²) in [6, 6.07) is 10.4. The molecule has 178 valence electrons. The number of pyridine rings is 1. The lowest BCUT2D eigenvalue weighted by Crippen LogP contribution is -2.47. The summed E-state index contributed by atoms with van der Waals surface area (Å²) in [5.41, 5.74) is 5.92. The Bertz CT molecular complexity index is 1240. The fraction of sp³-hybridized carbons (Fsp3) is 0.407. The lowest BCUT2D eigenvalue weighted by Gasteiger charge is -2.33. The number of hydrogen-bond donors (Lipinski definition) is 1. The van der Waals surface area contributed by atoms with E-state index in [2.05, 4.69) is 52.3 Å². The molecule has 7 nitrogen and oxygen atoms in total. The molecule has 0 aliphatic carbocycles. The first-order valence-electron chi connectivity index (χ1n) is 12.1. The molecule has 34 heavy (non-hydrogen) atoms. The Balaban J connectivity index is 1.65. The Kier molecular flexibility index (Phi) is 6.15. The number of piperazine rings is 1. The number of rotatable bonds is 5. The standard InChI is InChI=1S/C27H33N5O2/c1-4-10-32-19(2)23(18-33)22-16-24(27(34)30-14-12-29(3)13-15-30)28-26(25(22)32)31-11-9-20-7-5-6-8-21(20)17-31/h4-8,16,33H,1,9-15,17-18H2,2-3H3. The number of benzene rings is 1. The largest absolute Gasteiger partial charge is 0.392 e. The summed E-state index contributed by atoms with van der Waals surface area (Å²) in [6.45, 7) is 11.2. The van der Waals surface area contributed by atoms with Crippen LogP contribution in [-0.2, 0) is 26.1 Å². The highest BCUT2D eigenvalue weighted by atomic mass is 16.3. The van der Waals surface area contributed by atoms with E-state index >= 15 is 0 Å². The number of fused-ring (bicyclic) bond motifs is 2. The summed E-state index contributed by atoms with van der Waals surface area (Å²) >= 11 is 0. The molecule has 1 saturated heterocycles. The highest BCUT2D eigenvalue weighted by Crippen LogP contribution is 2.35. The van der Waals surface area contributed by atoms with Crippen molar-refractivity contribution >= 4 is 22.6 Å². The van der Waals surface area contributed by atoms with Crippen molar-refractivity contribution in [1.82, 2.24) is 19.4 Å². The molecular formula is C27H33N5O2. The molecule has 2 aliphatic heterocycles. The van der Waals surface area contributed by atoms with Crippen LogP contribution in [-0.4, -0.2) is 70.1 Å². The van der Waals surface area contributed by atoms with Gasteiger partial charge in [-0.1, -0.05) is 30.3 Å². The van der Waals surface area contributed by atoms with Crippen LogP contribution in [0.25, 0.3) is 10.9 Å². The topological polar surface area (TPSA) is 64.8 Å². The third-order valence-electron chi connectivity index (χ3n) is 7.32. The molecule has 1 amide bonds. The third-order valence-corrected chi connectivity index (χ3v) is 7.32. The molecule has 2 aromatic heterocycles. The van der Waals surface area contributed by atoms with Gasteiger partial charge in [-0.3, -0.25) is 4.79 Å². The predicted molar refractivity (Wildman–Crippen MR) is 135 cm³/mol. The minimum absolute atomic E-state index is 0.0355. The van der Waals surface area contributed by atoms with Gasteiger partial charge in [0.1, 0.15) is 5.69 Å². The molecule has 4 heterocycles. The van der Waals surface area contributed by atoms with Gasteiger partial charge >= 0.3 is 0 Å². The number of aliphatic hydroxyl groups excluding tert-OH is 1. The van der Waals surface area contributed by atoms with Crippen LogP contribution in [0.4, 0.5) is 5.82 Å². The van der Waals surface area contributed by atoms with E-state index in [0.717, 1.165) is 60.6 Å². The zero-order chi connectivity index (χ0) is 23.8. The second-order valence-electron chi connectivity index (χ2n) is 9.38. The number of aliphatic hydroxyl groups is 1. The summed E-state index contributed by atoms with van der Waals surface area (Å²) in [5, 5.41) is 11.2. The number of carbonyl (C=O) groups excluding carboxylic acids is 1. The maximum absolute atomic E-state index is 13.5. The molecule has 0 radical (unpaired) electrons. The van der Waals surface area contributed by atoms with E-state index in [1.165, 1.54) is 11.1 Å². The van der Waals surface area contributed by atoms with Crippen LogP contribution in [0, 0.1) is 6.92 Å². The smallest absolute Gasteiger partial charge is 0.272 e. The first-order valence-corrected chi connectivity index (χ1v) is 12.1. The molecular weight excluding hydrogens is 426 g/mol. The number of allylic oxidation sites excluding steroid dienone is 1. The van der Waals surface area contributed by atoms with Gasteiger partial charge in [-0.05, 0) is 37.6 Å². The zero-order valence-corrected chi connectivity index (χ0v) is 20.1. The Labute approximate surface area is 200 Å². The Morgan fingerprint density at radius 3 is 2.59 bits per heavy atom. The first-order chi connectivity index (χ1) is 16.5. The molecule has 7 heteroatoms. The van der Waals surface area contributed by atoms with Crippen molar-refractivity contribution in [2.24, 2.45) is 0 Å². The van der Waals surface area contributed by atoms with Crippen molar-refractivity contribution in [3.8, 4) is 0 Å². The van der Waals surface area contributed by atoms with Gasteiger partial charge in [-0.15, -0.1) is 6.58 Å². The van der Waals surface area contributed by atoms with Crippen molar-refractivity contribution in [2.45, 2.75) is 33.0 Å². The molecule has 1 fully saturated rings. The molecule has 0 unspecified atom stereocenters. The Hall–Kier alpha value is -3.16. The number of amides is 1. The van der Waals surface area contributed by atoms with Gasteiger partial charge in [0.2, 0.25) is 0 Å². The minimum atomic E-state index is -0.0824. The molecule has 1 aromatic carbocycles. The van der Waals surface area contributed by atoms with E-state index < -0.39 is 0 Å². The highest BCUT2D eigenvalue weighted by Gasteiger charge is 2.28. The fourth-order valence-electron chi connectivity index (χ4n) is 5.28. The number of anilines is 1. The van der Waals surface area contributed by atoms with E-state index in [9.17, 15) is 9.90 Å². The van der Waals surface area contributed by atoms with Crippen molar-refractivity contribution in [3.05, 3.63) is 71.1 Å². The van der Waals surface area contributed by atoms with Crippen LogP contribution in [0.2, 0.25) is 0 Å². The molecule has 2 aliphatic rings. The number of likely N-dealkylation sites (N-methyl/N-ethyl adjacent to an activating group) is 1. The van der Waals surface area contributed by atoms with E-state index in [1.54, 1.807) is 0 Å². The van der Waals surface area contributed by atoms with Crippen LogP contribution in [0.3, 0.4) is 0 Å². The fourth-order valence-corrected chi connectivity index (χ4v) is 5.28. The molecule has 3 aromatic rings. The SMILES string of the molecule is C=CCn1c(C)c(CO)c2cc(C(=O)N3CCN(C)CC3)nc(N3CCc4ccccc4C3)c21. The van der Waals surface area contributed by atoms with Crippen molar-refractivity contribution in [2.75, 3.05) is 44.7 Å². The quantitative estimate of drug-likeness (QED) is 0.595. The van der Waals surface area contributed by atoms with Gasteiger partial charge in [0, 0.05) is 62.5 Å². The average Bonchev–Trinajstić information content (AvgIpc) is 3.13. The maximum atomic E-state index is 13.5. The molecule has 0 spiro atoms. The molecule has 1 N–H and O–H groups in total. The van der Waals surface area contributed by atoms with E-state index in [0.29, 0.717) is 25.3 Å². The minimum Gasteiger partial charge on any atom is -0.392 e. The second-order valence-corrected chi connectivity index (χ2v) is 9.38. The average molecular weight is 460 g/mol. The van der Waals surface area contributed by atoms with Crippen molar-refractivity contribution < 1.29 is 9.90 Å². The van der Waals surface area contributed by atoms with Crippen LogP contribution in [0.15, 0.2) is 43.0 Å². The van der Waals surface area contributed by atoms with Gasteiger partial charge < -0.3 is 24.4 Å². The van der Waals surface area contributed by atoms with Crippen LogP contribution in [0.1, 0.15) is 32.9 Å². The number of nitrogens with zero attached hydrogens (tertiary/aromatic N) is 5.